The van der Waals surface area contributed by atoms with Crippen molar-refractivity contribution in [1.82, 2.24) is 9.55 Å². The predicted molar refractivity (Wildman–Crippen MR) is 144 cm³/mol. The van der Waals surface area contributed by atoms with Crippen molar-refractivity contribution >= 4 is 30.1 Å². The molecule has 1 aromatic heterocycles. The molecule has 3 aromatic rings. The molecule has 3 atom stereocenters. The van der Waals surface area contributed by atoms with E-state index >= 15 is 8.78 Å². The lowest BCUT2D eigenvalue weighted by Crippen LogP contribution is -2.57. The maximum atomic E-state index is 15.5. The van der Waals surface area contributed by atoms with Crippen LogP contribution in [-0.2, 0) is 21.1 Å². The van der Waals surface area contributed by atoms with Gasteiger partial charge in [0, 0.05) is 18.0 Å². The quantitative estimate of drug-likeness (QED) is 0.230. The largest absolute Gasteiger partial charge is 0.497 e. The molecule has 2 N–H and O–H groups in total. The van der Waals surface area contributed by atoms with E-state index in [0.29, 0.717) is 17.7 Å². The van der Waals surface area contributed by atoms with Crippen molar-refractivity contribution in [1.29, 1.82) is 0 Å². The first-order chi connectivity index (χ1) is 19.7. The fraction of sp³-hybridized carbons (Fsp3) is 0.333. The van der Waals surface area contributed by atoms with Crippen molar-refractivity contribution in [2.75, 3.05) is 20.8 Å². The second kappa shape index (κ2) is 12.2. The minimum atomic E-state index is -4.74. The number of halogens is 5. The monoisotopic (exact) mass is 656 g/mol. The van der Waals surface area contributed by atoms with Gasteiger partial charge in [0.15, 0.2) is 12.3 Å². The summed E-state index contributed by atoms with van der Waals surface area (Å²) in [5.74, 6) is -3.84. The van der Waals surface area contributed by atoms with E-state index in [1.165, 1.54) is 62.8 Å². The molecule has 2 aromatic carbocycles. The van der Waals surface area contributed by atoms with E-state index in [9.17, 15) is 23.5 Å². The van der Waals surface area contributed by atoms with E-state index in [1.807, 2.05) is 0 Å². The SMILES string of the molecule is COc1ccc(OP(=S)(OC[C@@]2(C(F)F)O[C@@H](n3cc(Cl)c(=O)[nH]c3=O)[C@H](O)C2(F)F)Oc2ccc(OC)cc2)cc1. The summed E-state index contributed by atoms with van der Waals surface area (Å²) in [7, 11) is 2.83. The zero-order chi connectivity index (χ0) is 30.9. The van der Waals surface area contributed by atoms with Gasteiger partial charge in [0.2, 0.25) is 5.60 Å². The Hall–Kier alpha value is -3.14. The molecule has 0 radical (unpaired) electrons. The fourth-order valence-electron chi connectivity index (χ4n) is 3.81. The summed E-state index contributed by atoms with van der Waals surface area (Å²) < 4.78 is 92.0. The number of alkyl halides is 4. The first kappa shape index (κ1) is 31.8. The number of nitrogens with zero attached hydrogens (tertiary/aromatic N) is 1. The summed E-state index contributed by atoms with van der Waals surface area (Å²) in [6.07, 6.45) is -8.87. The minimum absolute atomic E-state index is 0.0187. The van der Waals surface area contributed by atoms with Gasteiger partial charge in [0.05, 0.1) is 20.8 Å². The van der Waals surface area contributed by atoms with Gasteiger partial charge in [-0.25, -0.2) is 13.6 Å². The van der Waals surface area contributed by atoms with Crippen LogP contribution < -0.4 is 29.8 Å². The van der Waals surface area contributed by atoms with Crippen molar-refractivity contribution in [2.24, 2.45) is 0 Å². The van der Waals surface area contributed by atoms with Crippen molar-refractivity contribution in [3.05, 3.63) is 80.6 Å². The highest BCUT2D eigenvalue weighted by Crippen LogP contribution is 2.56. The van der Waals surface area contributed by atoms with Crippen LogP contribution in [-0.4, -0.2) is 59.5 Å². The number of H-pyrrole nitrogens is 1. The van der Waals surface area contributed by atoms with Crippen LogP contribution in [0, 0.1) is 0 Å². The average Bonchev–Trinajstić information content (AvgIpc) is 3.16. The van der Waals surface area contributed by atoms with Gasteiger partial charge in [-0.3, -0.25) is 18.9 Å². The topological polar surface area (TPSA) is 130 Å². The summed E-state index contributed by atoms with van der Waals surface area (Å²) in [6, 6.07) is 11.5. The molecule has 0 amide bonds. The van der Waals surface area contributed by atoms with Crippen LogP contribution in [0.15, 0.2) is 64.3 Å². The van der Waals surface area contributed by atoms with E-state index in [2.05, 4.69) is 0 Å². The summed E-state index contributed by atoms with van der Waals surface area (Å²) in [4.78, 5) is 25.6. The number of aromatic nitrogens is 2. The normalized spacial score (nSPS) is 21.7. The number of hydrogen-bond acceptors (Lipinski definition) is 10. The number of hydrogen-bond donors (Lipinski definition) is 2. The molecule has 228 valence electrons. The van der Waals surface area contributed by atoms with E-state index < -0.39 is 59.9 Å². The van der Waals surface area contributed by atoms with E-state index in [-0.39, 0.29) is 16.1 Å². The van der Waals surface area contributed by atoms with Crippen LogP contribution in [0.4, 0.5) is 17.6 Å². The lowest BCUT2D eigenvalue weighted by molar-refractivity contribution is -0.242. The van der Waals surface area contributed by atoms with Gasteiger partial charge in [0.25, 0.3) is 12.0 Å². The molecule has 11 nitrogen and oxygen atoms in total. The third-order valence-electron chi connectivity index (χ3n) is 6.08. The first-order valence-corrected chi connectivity index (χ1v) is 14.6. The van der Waals surface area contributed by atoms with Gasteiger partial charge in [-0.2, -0.15) is 8.78 Å². The highest BCUT2D eigenvalue weighted by Gasteiger charge is 2.74. The van der Waals surface area contributed by atoms with Gasteiger partial charge in [-0.05, 0) is 48.5 Å². The van der Waals surface area contributed by atoms with Gasteiger partial charge < -0.3 is 28.4 Å². The molecule has 18 heteroatoms. The lowest BCUT2D eigenvalue weighted by atomic mass is 9.95. The second-order valence-corrected chi connectivity index (χ2v) is 11.9. The zero-order valence-electron chi connectivity index (χ0n) is 21.5. The van der Waals surface area contributed by atoms with E-state index in [1.54, 1.807) is 4.98 Å². The highest BCUT2D eigenvalue weighted by atomic mass is 35.5. The smallest absolute Gasteiger partial charge is 0.435 e. The molecule has 1 aliphatic heterocycles. The van der Waals surface area contributed by atoms with Crippen molar-refractivity contribution in [3.63, 3.8) is 0 Å². The minimum Gasteiger partial charge on any atom is -0.497 e. The first-order valence-electron chi connectivity index (χ1n) is 11.7. The van der Waals surface area contributed by atoms with Crippen molar-refractivity contribution in [2.45, 2.75) is 30.3 Å². The molecule has 2 heterocycles. The molecular formula is C24H22ClF4N2O9PS. The molecule has 1 saturated heterocycles. The number of aromatic amines is 1. The molecule has 0 spiro atoms. The fourth-order valence-corrected chi connectivity index (χ4v) is 5.89. The van der Waals surface area contributed by atoms with Crippen LogP contribution in [0.5, 0.6) is 23.0 Å². The Morgan fingerprint density at radius 3 is 1.95 bits per heavy atom. The van der Waals surface area contributed by atoms with Crippen molar-refractivity contribution < 1.29 is 50.5 Å². The van der Waals surface area contributed by atoms with Crippen LogP contribution in [0.1, 0.15) is 6.23 Å². The number of benzene rings is 2. The lowest BCUT2D eigenvalue weighted by Gasteiger charge is -2.34. The number of rotatable bonds is 11. The summed E-state index contributed by atoms with van der Waals surface area (Å²) in [5, 5.41) is 9.72. The molecule has 1 fully saturated rings. The van der Waals surface area contributed by atoms with Gasteiger partial charge in [0.1, 0.15) is 28.0 Å². The molecule has 4 rings (SSSR count). The molecule has 0 bridgehead atoms. The maximum Gasteiger partial charge on any atom is 0.435 e. The standard InChI is InChI=1S/C24H22ClF4N2O9PS/c1-35-13-3-7-15(8-4-13)39-41(42,40-16-9-5-14(36-2)6-10-16)37-12-23(21(26)27)24(28,29)18(32)20(38-23)31-11-17(25)19(33)30-22(31)34/h3-11,18,20-21,32H,12H2,1-2H3,(H,30,33,34)/t18-,20+,23-/m0/s1. The third-order valence-corrected chi connectivity index (χ3v) is 8.43. The number of methoxy groups -OCH3 is 2. The van der Waals surface area contributed by atoms with Crippen LogP contribution >= 0.6 is 18.3 Å². The Morgan fingerprint density at radius 2 is 1.50 bits per heavy atom. The number of ether oxygens (including phenoxy) is 3. The molecule has 42 heavy (non-hydrogen) atoms. The Kier molecular flexibility index (Phi) is 9.25. The van der Waals surface area contributed by atoms with Crippen LogP contribution in [0.25, 0.3) is 0 Å². The second-order valence-electron chi connectivity index (χ2n) is 8.66. The molecule has 0 unspecified atom stereocenters. The number of nitrogens with one attached hydrogen (secondary N) is 1. The zero-order valence-corrected chi connectivity index (χ0v) is 24.0. The predicted octanol–water partition coefficient (Wildman–Crippen LogP) is 4.14. The Balaban J connectivity index is 1.69. The third kappa shape index (κ3) is 6.14. The number of aliphatic hydroxyl groups excluding tert-OH is 1. The molecular weight excluding hydrogens is 635 g/mol. The Morgan fingerprint density at radius 1 is 1.02 bits per heavy atom. The molecule has 0 aliphatic carbocycles. The van der Waals surface area contributed by atoms with Crippen molar-refractivity contribution in [3.8, 4) is 23.0 Å². The van der Waals surface area contributed by atoms with E-state index in [0.717, 1.165) is 0 Å². The Labute approximate surface area is 244 Å². The average molecular weight is 657 g/mol. The maximum absolute atomic E-state index is 15.5. The molecule has 1 aliphatic rings. The highest BCUT2D eigenvalue weighted by molar-refractivity contribution is 8.07. The van der Waals surface area contributed by atoms with Crippen LogP contribution in [0.2, 0.25) is 5.02 Å². The summed E-state index contributed by atoms with van der Waals surface area (Å²) in [6.45, 7) is -5.92. The van der Waals surface area contributed by atoms with Gasteiger partial charge in [-0.15, -0.1) is 0 Å². The summed E-state index contributed by atoms with van der Waals surface area (Å²) in [5.41, 5.74) is -6.30. The van der Waals surface area contributed by atoms with E-state index in [4.69, 9.17) is 51.2 Å². The van der Waals surface area contributed by atoms with Gasteiger partial charge in [-0.1, -0.05) is 11.6 Å². The summed E-state index contributed by atoms with van der Waals surface area (Å²) >= 11 is 11.1. The van der Waals surface area contributed by atoms with Crippen LogP contribution in [0.3, 0.4) is 0 Å². The number of aliphatic hydroxyl groups is 1. The Bertz CT molecular complexity index is 1520. The molecule has 0 saturated carbocycles. The van der Waals surface area contributed by atoms with Gasteiger partial charge >= 0.3 is 18.3 Å².